The Hall–Kier alpha value is -0.490. The SMILES string of the molecule is CSCc1ccc(CNN2CCN(C)CC2)o1. The van der Waals surface area contributed by atoms with Crippen LogP contribution in [0.5, 0.6) is 0 Å². The van der Waals surface area contributed by atoms with Gasteiger partial charge in [-0.1, -0.05) is 0 Å². The summed E-state index contributed by atoms with van der Waals surface area (Å²) in [6.45, 7) is 5.20. The van der Waals surface area contributed by atoms with Crippen molar-refractivity contribution in [3.8, 4) is 0 Å². The number of thioether (sulfide) groups is 1. The van der Waals surface area contributed by atoms with E-state index in [1.165, 1.54) is 0 Å². The van der Waals surface area contributed by atoms with Crippen molar-refractivity contribution in [1.82, 2.24) is 15.3 Å². The first-order valence-electron chi connectivity index (χ1n) is 6.01. The third-order valence-electron chi connectivity index (χ3n) is 2.98. The lowest BCUT2D eigenvalue weighted by molar-refractivity contribution is 0.0990. The average molecular weight is 255 g/mol. The van der Waals surface area contributed by atoms with Crippen LogP contribution < -0.4 is 5.43 Å². The van der Waals surface area contributed by atoms with Crippen LogP contribution in [0.3, 0.4) is 0 Å². The van der Waals surface area contributed by atoms with Crippen LogP contribution in [0.4, 0.5) is 0 Å². The van der Waals surface area contributed by atoms with Gasteiger partial charge in [0.25, 0.3) is 0 Å². The number of piperazine rings is 1. The molecule has 0 atom stereocenters. The first-order chi connectivity index (χ1) is 8.28. The fourth-order valence-corrected chi connectivity index (χ4v) is 2.33. The summed E-state index contributed by atoms with van der Waals surface area (Å²) in [6.07, 6.45) is 2.09. The normalized spacial score (nSPS) is 18.7. The molecule has 2 rings (SSSR count). The van der Waals surface area contributed by atoms with E-state index < -0.39 is 0 Å². The van der Waals surface area contributed by atoms with E-state index in [2.05, 4.69) is 40.8 Å². The zero-order valence-corrected chi connectivity index (χ0v) is 11.4. The summed E-state index contributed by atoms with van der Waals surface area (Å²) in [7, 11) is 2.17. The second kappa shape index (κ2) is 6.44. The van der Waals surface area contributed by atoms with Crippen molar-refractivity contribution in [2.24, 2.45) is 0 Å². The highest BCUT2D eigenvalue weighted by Crippen LogP contribution is 2.13. The van der Waals surface area contributed by atoms with Crippen LogP contribution in [0.2, 0.25) is 0 Å². The molecule has 0 spiro atoms. The molecule has 0 aliphatic carbocycles. The summed E-state index contributed by atoms with van der Waals surface area (Å²) in [5.74, 6) is 3.04. The lowest BCUT2D eigenvalue weighted by atomic mass is 10.4. The standard InChI is InChI=1S/C12H21N3OS/c1-14-5-7-15(8-6-14)13-9-11-3-4-12(16-11)10-17-2/h3-4,13H,5-10H2,1-2H3. The third-order valence-corrected chi connectivity index (χ3v) is 3.56. The number of hydrogen-bond acceptors (Lipinski definition) is 5. The summed E-state index contributed by atoms with van der Waals surface area (Å²) in [5, 5.41) is 2.27. The minimum Gasteiger partial charge on any atom is -0.464 e. The number of likely N-dealkylation sites (N-methyl/N-ethyl adjacent to an activating group) is 1. The van der Waals surface area contributed by atoms with Gasteiger partial charge in [-0.3, -0.25) is 0 Å². The Kier molecular flexibility index (Phi) is 4.91. The van der Waals surface area contributed by atoms with Gasteiger partial charge in [-0.15, -0.1) is 0 Å². The molecular formula is C12H21N3OS. The minimum absolute atomic E-state index is 0.790. The number of hydrogen-bond donors (Lipinski definition) is 1. The van der Waals surface area contributed by atoms with E-state index in [1.807, 2.05) is 0 Å². The monoisotopic (exact) mass is 255 g/mol. The molecule has 0 amide bonds. The molecule has 1 fully saturated rings. The van der Waals surface area contributed by atoms with Gasteiger partial charge in [0.1, 0.15) is 11.5 Å². The zero-order chi connectivity index (χ0) is 12.1. The van der Waals surface area contributed by atoms with E-state index in [0.717, 1.165) is 50.0 Å². The summed E-state index contributed by atoms with van der Waals surface area (Å²) >= 11 is 1.78. The molecule has 0 bridgehead atoms. The summed E-state index contributed by atoms with van der Waals surface area (Å²) in [4.78, 5) is 2.35. The van der Waals surface area contributed by atoms with Gasteiger partial charge in [-0.2, -0.15) is 11.8 Å². The minimum atomic E-state index is 0.790. The lowest BCUT2D eigenvalue weighted by Crippen LogP contribution is -2.50. The third kappa shape index (κ3) is 4.03. The number of nitrogens with one attached hydrogen (secondary N) is 1. The summed E-state index contributed by atoms with van der Waals surface area (Å²) < 4.78 is 5.72. The number of furan rings is 1. The molecule has 0 saturated carbocycles. The van der Waals surface area contributed by atoms with Crippen molar-refractivity contribution in [3.63, 3.8) is 0 Å². The first-order valence-corrected chi connectivity index (χ1v) is 7.41. The number of hydrazine groups is 1. The second-order valence-electron chi connectivity index (χ2n) is 4.43. The van der Waals surface area contributed by atoms with Crippen LogP contribution in [0.1, 0.15) is 11.5 Å². The fraction of sp³-hybridized carbons (Fsp3) is 0.667. The van der Waals surface area contributed by atoms with Crippen LogP contribution in [0.15, 0.2) is 16.5 Å². The Morgan fingerprint density at radius 3 is 2.65 bits per heavy atom. The predicted octanol–water partition coefficient (Wildman–Crippen LogP) is 1.39. The topological polar surface area (TPSA) is 31.6 Å². The maximum Gasteiger partial charge on any atom is 0.119 e. The molecular weight excluding hydrogens is 234 g/mol. The molecule has 1 aromatic rings. The van der Waals surface area contributed by atoms with Crippen LogP contribution in [-0.4, -0.2) is 49.4 Å². The summed E-state index contributed by atoms with van der Waals surface area (Å²) in [5.41, 5.74) is 3.42. The maximum atomic E-state index is 5.72. The number of nitrogens with zero attached hydrogens (tertiary/aromatic N) is 2. The Labute approximate surface area is 107 Å². The largest absolute Gasteiger partial charge is 0.464 e. The highest BCUT2D eigenvalue weighted by Gasteiger charge is 2.13. The maximum absolute atomic E-state index is 5.72. The Morgan fingerprint density at radius 2 is 1.94 bits per heavy atom. The second-order valence-corrected chi connectivity index (χ2v) is 5.29. The molecule has 96 valence electrons. The van der Waals surface area contributed by atoms with Crippen molar-refractivity contribution in [3.05, 3.63) is 23.7 Å². The van der Waals surface area contributed by atoms with E-state index in [9.17, 15) is 0 Å². The van der Waals surface area contributed by atoms with Crippen molar-refractivity contribution in [2.75, 3.05) is 39.5 Å². The molecule has 4 nitrogen and oxygen atoms in total. The molecule has 1 aliphatic heterocycles. The first kappa shape index (κ1) is 13.0. The molecule has 5 heteroatoms. The van der Waals surface area contributed by atoms with E-state index in [1.54, 1.807) is 11.8 Å². The molecule has 1 aromatic heterocycles. The fourth-order valence-electron chi connectivity index (χ4n) is 1.89. The van der Waals surface area contributed by atoms with Crippen molar-refractivity contribution in [2.45, 2.75) is 12.3 Å². The highest BCUT2D eigenvalue weighted by atomic mass is 32.2. The van der Waals surface area contributed by atoms with E-state index >= 15 is 0 Å². The Morgan fingerprint density at radius 1 is 1.24 bits per heavy atom. The predicted molar refractivity (Wildman–Crippen MR) is 71.8 cm³/mol. The van der Waals surface area contributed by atoms with Crippen molar-refractivity contribution in [1.29, 1.82) is 0 Å². The lowest BCUT2D eigenvalue weighted by Gasteiger charge is -2.32. The smallest absolute Gasteiger partial charge is 0.119 e. The average Bonchev–Trinajstić information content (AvgIpc) is 2.77. The summed E-state index contributed by atoms with van der Waals surface area (Å²) in [6, 6.07) is 4.13. The van der Waals surface area contributed by atoms with Gasteiger partial charge in [-0.05, 0) is 25.4 Å². The molecule has 2 heterocycles. The van der Waals surface area contributed by atoms with E-state index in [-0.39, 0.29) is 0 Å². The van der Waals surface area contributed by atoms with Gasteiger partial charge in [-0.25, -0.2) is 10.4 Å². The van der Waals surface area contributed by atoms with Gasteiger partial charge < -0.3 is 9.32 Å². The van der Waals surface area contributed by atoms with Gasteiger partial charge in [0.05, 0.1) is 12.3 Å². The molecule has 1 saturated heterocycles. The molecule has 1 aliphatic rings. The van der Waals surface area contributed by atoms with Gasteiger partial charge in [0, 0.05) is 26.2 Å². The zero-order valence-electron chi connectivity index (χ0n) is 10.6. The van der Waals surface area contributed by atoms with Gasteiger partial charge >= 0.3 is 0 Å². The van der Waals surface area contributed by atoms with Crippen molar-refractivity contribution >= 4 is 11.8 Å². The molecule has 17 heavy (non-hydrogen) atoms. The van der Waals surface area contributed by atoms with Crippen molar-refractivity contribution < 1.29 is 4.42 Å². The Bertz CT molecular complexity index is 334. The van der Waals surface area contributed by atoms with Crippen LogP contribution in [-0.2, 0) is 12.3 Å². The Balaban J connectivity index is 1.73. The molecule has 0 aromatic carbocycles. The number of rotatable bonds is 5. The quantitative estimate of drug-likeness (QED) is 0.859. The van der Waals surface area contributed by atoms with Crippen LogP contribution >= 0.6 is 11.8 Å². The molecule has 0 radical (unpaired) electrons. The van der Waals surface area contributed by atoms with Gasteiger partial charge in [0.2, 0.25) is 0 Å². The van der Waals surface area contributed by atoms with E-state index in [0.29, 0.717) is 0 Å². The highest BCUT2D eigenvalue weighted by molar-refractivity contribution is 7.97. The molecule has 1 N–H and O–H groups in total. The van der Waals surface area contributed by atoms with E-state index in [4.69, 9.17) is 4.42 Å². The van der Waals surface area contributed by atoms with Gasteiger partial charge in [0.15, 0.2) is 0 Å². The van der Waals surface area contributed by atoms with Crippen LogP contribution in [0.25, 0.3) is 0 Å². The molecule has 0 unspecified atom stereocenters. The van der Waals surface area contributed by atoms with Crippen LogP contribution in [0, 0.1) is 0 Å².